The summed E-state index contributed by atoms with van der Waals surface area (Å²) in [6.45, 7) is 20.7. The van der Waals surface area contributed by atoms with Gasteiger partial charge in [-0.15, -0.1) is 0 Å². The highest BCUT2D eigenvalue weighted by molar-refractivity contribution is 6.09. The van der Waals surface area contributed by atoms with Crippen molar-refractivity contribution in [1.82, 2.24) is 45.0 Å². The Hall–Kier alpha value is -8.91. The molecule has 2 aliphatic heterocycles. The van der Waals surface area contributed by atoms with Gasteiger partial charge in [-0.1, -0.05) is 179 Å². The molecule has 2 aliphatic rings. The molecule has 0 saturated carbocycles. The van der Waals surface area contributed by atoms with Crippen LogP contribution in [0.1, 0.15) is 126 Å². The van der Waals surface area contributed by atoms with E-state index < -0.39 is 137 Å². The first-order valence-electron chi connectivity index (χ1n) is 34.8. The molecule has 0 aliphatic carbocycles. The van der Waals surface area contributed by atoms with Crippen molar-refractivity contribution >= 4 is 75.0 Å². The van der Waals surface area contributed by atoms with Gasteiger partial charge in [-0.25, -0.2) is 4.79 Å². The maximum Gasteiger partial charge on any atom is 0.332 e. The third-order valence-electron chi connectivity index (χ3n) is 19.9. The summed E-state index contributed by atoms with van der Waals surface area (Å²) in [6, 6.07) is 31.3. The summed E-state index contributed by atoms with van der Waals surface area (Å²) in [5.74, 6) is -8.91. The molecule has 0 bridgehead atoms. The molecule has 8 amide bonds. The number of amides is 8. The van der Waals surface area contributed by atoms with E-state index in [1.54, 1.807) is 41.5 Å². The second-order valence-electron chi connectivity index (χ2n) is 28.8. The topological polar surface area (TPSA) is 240 Å². The van der Waals surface area contributed by atoms with Crippen molar-refractivity contribution in [2.45, 2.75) is 188 Å². The molecule has 20 nitrogen and oxygen atoms in total. The van der Waals surface area contributed by atoms with Crippen LogP contribution in [0.25, 0.3) is 38.6 Å². The Balaban J connectivity index is 1.24. The van der Waals surface area contributed by atoms with E-state index in [4.69, 9.17) is 4.74 Å². The molecular weight excluding hydrogens is 1240 g/mol. The first-order valence-corrected chi connectivity index (χ1v) is 34.8. The summed E-state index contributed by atoms with van der Waals surface area (Å²) < 4.78 is 8.41. The number of para-hydroxylation sites is 2. The maximum atomic E-state index is 16.0. The normalized spacial score (nSPS) is 23.7. The molecule has 526 valence electrons. The van der Waals surface area contributed by atoms with Crippen LogP contribution >= 0.6 is 0 Å². The Labute approximate surface area is 578 Å². The molecule has 4 N–H and O–H groups in total. The third kappa shape index (κ3) is 16.6. The van der Waals surface area contributed by atoms with Crippen molar-refractivity contribution in [2.75, 3.05) is 34.7 Å². The maximum absolute atomic E-state index is 16.0. The first kappa shape index (κ1) is 74.9. The number of hydrogen-bond donors (Lipinski definition) is 4. The zero-order valence-corrected chi connectivity index (χ0v) is 60.1. The van der Waals surface area contributed by atoms with Crippen molar-refractivity contribution in [1.29, 1.82) is 0 Å². The van der Waals surface area contributed by atoms with Crippen LogP contribution in [0.2, 0.25) is 0 Å². The van der Waals surface area contributed by atoms with Crippen molar-refractivity contribution in [2.24, 2.45) is 29.6 Å². The van der Waals surface area contributed by atoms with Crippen LogP contribution in [0, 0.1) is 29.6 Å². The SMILES string of the molecule is CC[C@H](C)[C@@H]1NC(=O)[C@@H]2CCCN2C(=O)[C@H](Cc2cccc(-c3ccc(-n4c5ccccc5c5ccccc54)cc3)c2)N(C)C(=O)[C@H](Cc2ccccc2)NC(=O)[C@H](C(C)C)N(C)C(=O)[C@@H]([C@@H](C)CC)OC(=O)[C@H](C(C)(C)O)N(C)C(=O)[C@H](CC(C)C)NC(=O)[C@H](C(C)C)N(C)C1=O. The van der Waals surface area contributed by atoms with E-state index in [1.165, 1.54) is 61.6 Å². The van der Waals surface area contributed by atoms with Crippen LogP contribution in [0.15, 0.2) is 127 Å². The summed E-state index contributed by atoms with van der Waals surface area (Å²) in [7, 11) is 5.71. The van der Waals surface area contributed by atoms with Crippen LogP contribution in [0.5, 0.6) is 0 Å². The van der Waals surface area contributed by atoms with Crippen LogP contribution in [-0.2, 0) is 60.7 Å². The van der Waals surface area contributed by atoms with Gasteiger partial charge in [0.25, 0.3) is 5.91 Å². The fourth-order valence-electron chi connectivity index (χ4n) is 14.2. The second kappa shape index (κ2) is 32.2. The van der Waals surface area contributed by atoms with E-state index in [2.05, 4.69) is 69.0 Å². The Kier molecular flexibility index (Phi) is 24.6. The number of carbonyl (C=O) groups is 9. The van der Waals surface area contributed by atoms with Crippen molar-refractivity contribution in [3.63, 3.8) is 0 Å². The number of fused-ring (bicyclic) bond motifs is 4. The number of hydrogen-bond acceptors (Lipinski definition) is 11. The molecule has 2 fully saturated rings. The lowest BCUT2D eigenvalue weighted by molar-refractivity contribution is -0.177. The predicted octanol–water partition coefficient (Wildman–Crippen LogP) is 9.14. The second-order valence-corrected chi connectivity index (χ2v) is 28.8. The number of benzene rings is 5. The average molecular weight is 1340 g/mol. The quantitative estimate of drug-likeness (QED) is 0.0707. The van der Waals surface area contributed by atoms with E-state index in [-0.39, 0.29) is 38.1 Å². The van der Waals surface area contributed by atoms with Gasteiger partial charge in [0.2, 0.25) is 41.4 Å². The molecule has 6 aromatic rings. The summed E-state index contributed by atoms with van der Waals surface area (Å²) in [5.41, 5.74) is 4.23. The zero-order chi connectivity index (χ0) is 71.8. The average Bonchev–Trinajstić information content (AvgIpc) is 1.59. The highest BCUT2D eigenvalue weighted by Gasteiger charge is 2.48. The number of cyclic esters (lactones) is 1. The lowest BCUT2D eigenvalue weighted by Gasteiger charge is -2.39. The molecule has 0 unspecified atom stereocenters. The molecule has 5 aromatic carbocycles. The minimum absolute atomic E-state index is 0.0298. The fraction of sp³-hybridized carbons (Fsp3) is 0.500. The smallest absolute Gasteiger partial charge is 0.332 e. The third-order valence-corrected chi connectivity index (χ3v) is 19.9. The van der Waals surface area contributed by atoms with Crippen molar-refractivity contribution in [3.8, 4) is 16.8 Å². The molecule has 11 atom stereocenters. The van der Waals surface area contributed by atoms with Crippen molar-refractivity contribution < 1.29 is 53.0 Å². The number of rotatable bonds is 15. The number of esters is 1. The molecule has 1 aromatic heterocycles. The molecule has 0 radical (unpaired) electrons. The number of aromatic nitrogens is 1. The van der Waals surface area contributed by atoms with E-state index in [0.29, 0.717) is 30.4 Å². The molecule has 98 heavy (non-hydrogen) atoms. The number of nitrogens with one attached hydrogen (secondary N) is 3. The summed E-state index contributed by atoms with van der Waals surface area (Å²) in [5, 5.41) is 23.0. The van der Waals surface area contributed by atoms with Gasteiger partial charge in [-0.2, -0.15) is 0 Å². The predicted molar refractivity (Wildman–Crippen MR) is 381 cm³/mol. The summed E-state index contributed by atoms with van der Waals surface area (Å²) in [6.07, 6.45) is -0.149. The van der Waals surface area contributed by atoms with E-state index >= 15 is 28.8 Å². The van der Waals surface area contributed by atoms with E-state index in [1.807, 2.05) is 107 Å². The Bertz CT molecular complexity index is 3790. The number of nitrogens with zero attached hydrogens (tertiary/aromatic N) is 6. The Morgan fingerprint density at radius 2 is 1.06 bits per heavy atom. The van der Waals surface area contributed by atoms with Gasteiger partial charge >= 0.3 is 5.97 Å². The minimum Gasteiger partial charge on any atom is -0.450 e. The minimum atomic E-state index is -1.99. The van der Waals surface area contributed by atoms with Gasteiger partial charge in [0.1, 0.15) is 42.3 Å². The monoisotopic (exact) mass is 1340 g/mol. The largest absolute Gasteiger partial charge is 0.450 e. The highest BCUT2D eigenvalue weighted by atomic mass is 16.6. The molecular formula is C78H103N9O11. The molecule has 3 heterocycles. The Morgan fingerprint density at radius 1 is 0.531 bits per heavy atom. The van der Waals surface area contributed by atoms with Crippen LogP contribution < -0.4 is 16.0 Å². The molecule has 0 spiro atoms. The van der Waals surface area contributed by atoms with E-state index in [0.717, 1.165) is 43.5 Å². The number of ether oxygens (including phenoxy) is 1. The summed E-state index contributed by atoms with van der Waals surface area (Å²) >= 11 is 0. The van der Waals surface area contributed by atoms with Gasteiger partial charge in [0.05, 0.1) is 16.6 Å². The standard InChI is InChI=1S/C78H103N9O11/c1-17-49(9)64-75(94)83(14)65(47(5)6)70(89)79-58(42-46(3)4)73(92)85(16)68(78(11,12)97)77(96)98-67(50(10)18-2)76(95)84(15)66(48(7)8)71(90)80-59(44-51-28-20-19-21-29-51)72(91)82(13)63(74(93)86-41-27-36-62(86)69(88)81-64)45-52-30-26-31-54(43-52)53-37-39-55(40-38-53)87-60-34-24-22-32-56(60)57-33-23-25-35-61(57)87/h19-26,28-35,37-40,43,46-50,58-59,62-68,97H,17-18,27,36,41-42,44-45H2,1-16H3,(H,79,89)(H,80,90)(H,81,88)/t49-,50-,58-,59-,62-,63-,64-,65-,66-,67+,68+/m0/s1. The van der Waals surface area contributed by atoms with Gasteiger partial charge in [0.15, 0.2) is 12.1 Å². The number of likely N-dealkylation sites (N-methyl/N-ethyl adjacent to an activating group) is 4. The van der Waals surface area contributed by atoms with E-state index in [9.17, 15) is 19.5 Å². The van der Waals surface area contributed by atoms with Crippen molar-refractivity contribution in [3.05, 3.63) is 139 Å². The molecule has 20 heteroatoms. The highest BCUT2D eigenvalue weighted by Crippen LogP contribution is 2.34. The molecule has 2 saturated heterocycles. The first-order chi connectivity index (χ1) is 46.4. The van der Waals surface area contributed by atoms with Gasteiger partial charge in [-0.3, -0.25) is 38.4 Å². The molecule has 8 rings (SSSR count). The van der Waals surface area contributed by atoms with Crippen LogP contribution in [-0.4, -0.2) is 182 Å². The zero-order valence-electron chi connectivity index (χ0n) is 60.1. The number of carbonyl (C=O) groups excluding carboxylic acids is 9. The van der Waals surface area contributed by atoms with Gasteiger partial charge < -0.3 is 54.9 Å². The lowest BCUT2D eigenvalue weighted by atomic mass is 9.93. The summed E-state index contributed by atoms with van der Waals surface area (Å²) in [4.78, 5) is 144. The van der Waals surface area contributed by atoms with Crippen LogP contribution in [0.4, 0.5) is 0 Å². The van der Waals surface area contributed by atoms with Crippen LogP contribution in [0.3, 0.4) is 0 Å². The Morgan fingerprint density at radius 3 is 1.61 bits per heavy atom. The lowest BCUT2D eigenvalue weighted by Crippen LogP contribution is -2.63. The fourth-order valence-corrected chi connectivity index (χ4v) is 14.2. The van der Waals surface area contributed by atoms with Gasteiger partial charge in [0, 0.05) is 70.0 Å². The number of aliphatic hydroxyl groups is 1. The van der Waals surface area contributed by atoms with Gasteiger partial charge in [-0.05, 0) is 110 Å².